The number of halogens is 4. The third-order valence-corrected chi connectivity index (χ3v) is 6.49. The molecule has 11 heteroatoms. The van der Waals surface area contributed by atoms with E-state index in [2.05, 4.69) is 5.32 Å². The number of benzene rings is 1. The zero-order valence-electron chi connectivity index (χ0n) is 17.5. The normalized spacial score (nSPS) is 21.1. The maximum atomic E-state index is 15.3. The van der Waals surface area contributed by atoms with Crippen molar-refractivity contribution in [1.29, 1.82) is 0 Å². The van der Waals surface area contributed by atoms with Gasteiger partial charge in [0.15, 0.2) is 11.6 Å². The Morgan fingerprint density at radius 2 is 1.91 bits per heavy atom. The summed E-state index contributed by atoms with van der Waals surface area (Å²) in [7, 11) is 1.48. The van der Waals surface area contributed by atoms with Crippen molar-refractivity contribution in [2.45, 2.75) is 45.2 Å². The zero-order valence-corrected chi connectivity index (χ0v) is 20.0. The number of ether oxygens (including phenoxy) is 1. The first-order valence-electron chi connectivity index (χ1n) is 10.2. The molecule has 5 rings (SSSR count). The first-order chi connectivity index (χ1) is 14.0. The molecule has 1 aliphatic carbocycles. The van der Waals surface area contributed by atoms with E-state index in [-0.39, 0.29) is 61.6 Å². The van der Waals surface area contributed by atoms with E-state index in [1.54, 1.807) is 4.57 Å². The summed E-state index contributed by atoms with van der Waals surface area (Å²) in [6.45, 7) is 2.40. The van der Waals surface area contributed by atoms with Gasteiger partial charge in [-0.2, -0.15) is 0 Å². The van der Waals surface area contributed by atoms with E-state index in [1.807, 2.05) is 4.90 Å². The molecule has 2 saturated heterocycles. The molecule has 2 aromatic rings. The van der Waals surface area contributed by atoms with Gasteiger partial charge in [-0.25, -0.2) is 9.18 Å². The second-order valence-corrected chi connectivity index (χ2v) is 8.32. The van der Waals surface area contributed by atoms with Gasteiger partial charge in [0.1, 0.15) is 11.3 Å². The average Bonchev–Trinajstić information content (AvgIpc) is 3.45. The lowest BCUT2D eigenvalue weighted by Gasteiger charge is -2.25. The van der Waals surface area contributed by atoms with Gasteiger partial charge in [0.2, 0.25) is 5.43 Å². The van der Waals surface area contributed by atoms with Gasteiger partial charge in [0.25, 0.3) is 0 Å². The fourth-order valence-corrected chi connectivity index (χ4v) is 4.95. The van der Waals surface area contributed by atoms with Gasteiger partial charge in [-0.05, 0) is 44.2 Å². The maximum absolute atomic E-state index is 15.3. The molecule has 1 aromatic carbocycles. The summed E-state index contributed by atoms with van der Waals surface area (Å²) in [6, 6.07) is 1.62. The largest absolute Gasteiger partial charge is 0.492 e. The quantitative estimate of drug-likeness (QED) is 0.619. The third-order valence-electron chi connectivity index (χ3n) is 6.49. The van der Waals surface area contributed by atoms with Crippen LogP contribution in [0.15, 0.2) is 17.1 Å². The molecule has 0 unspecified atom stereocenters. The molecule has 33 heavy (non-hydrogen) atoms. The summed E-state index contributed by atoms with van der Waals surface area (Å²) < 4.78 is 22.8. The molecule has 2 atom stereocenters. The Morgan fingerprint density at radius 3 is 2.48 bits per heavy atom. The number of anilines is 1. The number of nitrogens with one attached hydrogen (secondary N) is 1. The van der Waals surface area contributed by atoms with E-state index >= 15 is 4.39 Å². The van der Waals surface area contributed by atoms with Gasteiger partial charge in [0, 0.05) is 31.4 Å². The molecular weight excluding hydrogens is 496 g/mol. The highest BCUT2D eigenvalue weighted by Crippen LogP contribution is 2.45. The van der Waals surface area contributed by atoms with Crippen molar-refractivity contribution >= 4 is 59.8 Å². The predicted octanol–water partition coefficient (Wildman–Crippen LogP) is 4.27. The molecule has 1 aromatic heterocycles. The van der Waals surface area contributed by atoms with Crippen LogP contribution >= 0.6 is 37.2 Å². The highest BCUT2D eigenvalue weighted by molar-refractivity contribution is 5.97. The molecule has 0 radical (unpaired) electrons. The first-order valence-corrected chi connectivity index (χ1v) is 10.2. The fraction of sp³-hybridized carbons (Fsp3) is 0.545. The molecule has 7 nitrogen and oxygen atoms in total. The minimum absolute atomic E-state index is 0. The van der Waals surface area contributed by atoms with E-state index < -0.39 is 17.2 Å². The van der Waals surface area contributed by atoms with Crippen molar-refractivity contribution in [1.82, 2.24) is 9.88 Å². The van der Waals surface area contributed by atoms with Crippen molar-refractivity contribution in [3.8, 4) is 5.75 Å². The van der Waals surface area contributed by atoms with Gasteiger partial charge in [-0.15, -0.1) is 37.2 Å². The van der Waals surface area contributed by atoms with E-state index in [1.165, 1.54) is 19.4 Å². The van der Waals surface area contributed by atoms with Gasteiger partial charge >= 0.3 is 5.97 Å². The van der Waals surface area contributed by atoms with Crippen LogP contribution < -0.4 is 20.4 Å². The van der Waals surface area contributed by atoms with Crippen LogP contribution in [0.2, 0.25) is 0 Å². The van der Waals surface area contributed by atoms with Crippen molar-refractivity contribution < 1.29 is 19.0 Å². The summed E-state index contributed by atoms with van der Waals surface area (Å²) in [4.78, 5) is 26.4. The molecule has 0 bridgehead atoms. The van der Waals surface area contributed by atoms with Gasteiger partial charge < -0.3 is 24.6 Å². The van der Waals surface area contributed by atoms with E-state index in [9.17, 15) is 14.7 Å². The smallest absolute Gasteiger partial charge is 0.341 e. The maximum Gasteiger partial charge on any atom is 0.341 e. The number of hydrogen-bond acceptors (Lipinski definition) is 5. The number of rotatable bonds is 4. The number of carboxylic acids is 1. The van der Waals surface area contributed by atoms with Crippen LogP contribution in [-0.4, -0.2) is 48.4 Å². The zero-order chi connectivity index (χ0) is 20.3. The topological polar surface area (TPSA) is 83.8 Å². The Bertz CT molecular complexity index is 1060. The highest BCUT2D eigenvalue weighted by Gasteiger charge is 2.38. The van der Waals surface area contributed by atoms with Crippen LogP contribution in [-0.2, 0) is 0 Å². The number of aromatic carboxylic acids is 1. The molecule has 2 N–H and O–H groups in total. The number of carboxylic acid groups (broad SMARTS) is 1. The van der Waals surface area contributed by atoms with Gasteiger partial charge in [-0.3, -0.25) is 4.79 Å². The summed E-state index contributed by atoms with van der Waals surface area (Å²) in [5, 5.41) is 13.0. The lowest BCUT2D eigenvalue weighted by atomic mass is 9.94. The van der Waals surface area contributed by atoms with E-state index in [0.717, 1.165) is 38.8 Å². The number of fused-ring (bicyclic) bond motifs is 2. The molecule has 3 heterocycles. The minimum Gasteiger partial charge on any atom is -0.492 e. The Morgan fingerprint density at radius 1 is 1.21 bits per heavy atom. The lowest BCUT2D eigenvalue weighted by Crippen LogP contribution is -2.40. The SMILES string of the molecule is C.COc1c(N2C[C@@H]3CCCN[C@@H]3C2)c(F)cc2c(=O)c(C(=O)O)cn(C3CC3)c12.Cl.Cl.Cl. The standard InChI is InChI=1S/C21H24FN3O4.CH4.3ClH/c1-29-20-17-13(19(26)14(21(27)28)9-25(17)12-4-5-12)7-15(22)18(20)24-8-11-3-2-6-23-16(11)10-24;;;;/h7,9,11-12,16,23H,2-6,8,10H2,1H3,(H,27,28);1H4;3*1H/t11-,16+;;;;/m0..../s1. The minimum atomic E-state index is -1.30. The molecule has 186 valence electrons. The Labute approximate surface area is 210 Å². The summed E-state index contributed by atoms with van der Waals surface area (Å²) in [5.74, 6) is -1.07. The monoisotopic (exact) mass is 525 g/mol. The van der Waals surface area contributed by atoms with Gasteiger partial charge in [-0.1, -0.05) is 7.43 Å². The van der Waals surface area contributed by atoms with Crippen molar-refractivity contribution in [3.63, 3.8) is 0 Å². The number of nitrogens with zero attached hydrogens (tertiary/aromatic N) is 2. The molecule has 0 amide bonds. The van der Waals surface area contributed by atoms with Crippen molar-refractivity contribution in [2.24, 2.45) is 5.92 Å². The van der Waals surface area contributed by atoms with Crippen LogP contribution in [0.1, 0.15) is 49.5 Å². The Hall–Kier alpha value is -1.74. The first kappa shape index (κ1) is 29.3. The van der Waals surface area contributed by atoms with Crippen LogP contribution in [0.3, 0.4) is 0 Å². The second-order valence-electron chi connectivity index (χ2n) is 8.32. The second kappa shape index (κ2) is 11.1. The highest BCUT2D eigenvalue weighted by atomic mass is 35.5. The third kappa shape index (κ3) is 4.90. The molecule has 3 aliphatic rings. The van der Waals surface area contributed by atoms with Crippen molar-refractivity contribution in [3.05, 3.63) is 33.9 Å². The van der Waals surface area contributed by atoms with Crippen LogP contribution in [0.4, 0.5) is 10.1 Å². The Kier molecular flexibility index (Phi) is 9.87. The van der Waals surface area contributed by atoms with Crippen molar-refractivity contribution in [2.75, 3.05) is 31.6 Å². The number of pyridine rings is 1. The average molecular weight is 527 g/mol. The van der Waals surface area contributed by atoms with E-state index in [0.29, 0.717) is 35.5 Å². The van der Waals surface area contributed by atoms with Crippen LogP contribution in [0, 0.1) is 11.7 Å². The fourth-order valence-electron chi connectivity index (χ4n) is 4.95. The molecule has 0 spiro atoms. The van der Waals surface area contributed by atoms with Crippen LogP contribution in [0.25, 0.3) is 10.9 Å². The molecule has 3 fully saturated rings. The number of aromatic nitrogens is 1. The molecular formula is C22H31Cl3FN3O4. The number of piperidine rings is 1. The van der Waals surface area contributed by atoms with Crippen LogP contribution in [0.5, 0.6) is 5.75 Å². The molecule has 2 aliphatic heterocycles. The lowest BCUT2D eigenvalue weighted by molar-refractivity contribution is 0.0695. The summed E-state index contributed by atoms with van der Waals surface area (Å²) in [6.07, 6.45) is 5.40. The summed E-state index contributed by atoms with van der Waals surface area (Å²) in [5.41, 5.74) is -0.155. The van der Waals surface area contributed by atoms with Gasteiger partial charge in [0.05, 0.1) is 18.0 Å². The number of methoxy groups -OCH3 is 1. The predicted molar refractivity (Wildman–Crippen MR) is 135 cm³/mol. The summed E-state index contributed by atoms with van der Waals surface area (Å²) >= 11 is 0. The molecule has 1 saturated carbocycles. The number of hydrogen-bond donors (Lipinski definition) is 2. The Balaban J connectivity index is 0.00000136. The number of carbonyl (C=O) groups is 1. The van der Waals surface area contributed by atoms with E-state index in [4.69, 9.17) is 4.74 Å².